The van der Waals surface area contributed by atoms with Crippen molar-refractivity contribution >= 4 is 24.4 Å². The van der Waals surface area contributed by atoms with Crippen LogP contribution in [0.1, 0.15) is 81.6 Å². The van der Waals surface area contributed by atoms with Gasteiger partial charge in [-0.05, 0) is 87.5 Å². The number of aliphatic imine (C=N–C) groups is 1. The third-order valence-corrected chi connectivity index (χ3v) is 4.91. The van der Waals surface area contributed by atoms with Crippen molar-refractivity contribution in [3.63, 3.8) is 0 Å². The number of rotatable bonds is 8. The Kier molecular flexibility index (Phi) is 9.48. The molecule has 0 aromatic rings. The Labute approximate surface area is 192 Å². The summed E-state index contributed by atoms with van der Waals surface area (Å²) in [5.74, 6) is -0.254. The van der Waals surface area contributed by atoms with E-state index in [0.717, 1.165) is 4.90 Å². The number of ether oxygens (including phenoxy) is 3. The molecule has 0 bridgehead atoms. The molecule has 8 nitrogen and oxygen atoms in total. The van der Waals surface area contributed by atoms with Gasteiger partial charge in [0.2, 0.25) is 0 Å². The van der Waals surface area contributed by atoms with Crippen LogP contribution in [0.5, 0.6) is 0 Å². The SMILES string of the molecule is CC=N/C(=C\C)C1(C(=O)OCC)CC1CCCN(C(=O)OC(C)(C)C)C(=O)OC(C)(C)C. The lowest BCUT2D eigenvalue weighted by atomic mass is 9.96. The van der Waals surface area contributed by atoms with Crippen molar-refractivity contribution in [2.24, 2.45) is 16.3 Å². The van der Waals surface area contributed by atoms with Crippen molar-refractivity contribution < 1.29 is 28.6 Å². The average molecular weight is 453 g/mol. The summed E-state index contributed by atoms with van der Waals surface area (Å²) >= 11 is 0. The van der Waals surface area contributed by atoms with Crippen LogP contribution in [-0.4, -0.2) is 53.6 Å². The highest BCUT2D eigenvalue weighted by molar-refractivity contribution is 5.88. The third-order valence-electron chi connectivity index (χ3n) is 4.91. The number of hydrogen-bond donors (Lipinski definition) is 0. The van der Waals surface area contributed by atoms with Crippen molar-refractivity contribution in [3.8, 4) is 0 Å². The van der Waals surface area contributed by atoms with Gasteiger partial charge in [0.15, 0.2) is 0 Å². The predicted molar refractivity (Wildman–Crippen MR) is 124 cm³/mol. The lowest BCUT2D eigenvalue weighted by Crippen LogP contribution is -2.44. The standard InChI is InChI=1S/C24H40N2O6/c1-10-18(25-11-2)24(19(27)30-12-3)16-17(24)14-13-15-26(20(28)31-22(4,5)6)21(29)32-23(7,8)9/h10-11,17H,12-16H2,1-9H3/b18-10-,25-11?. The molecule has 1 aliphatic rings. The molecule has 32 heavy (non-hydrogen) atoms. The number of carbonyl (C=O) groups is 3. The van der Waals surface area contributed by atoms with Crippen LogP contribution in [0.3, 0.4) is 0 Å². The van der Waals surface area contributed by atoms with Crippen LogP contribution in [-0.2, 0) is 19.0 Å². The molecule has 0 radical (unpaired) electrons. The summed E-state index contributed by atoms with van der Waals surface area (Å²) < 4.78 is 16.1. The van der Waals surface area contributed by atoms with Crippen molar-refractivity contribution in [1.29, 1.82) is 0 Å². The van der Waals surface area contributed by atoms with Gasteiger partial charge in [0, 0.05) is 12.8 Å². The van der Waals surface area contributed by atoms with E-state index in [0.29, 0.717) is 31.6 Å². The fourth-order valence-corrected chi connectivity index (χ4v) is 3.58. The van der Waals surface area contributed by atoms with Crippen LogP contribution in [0, 0.1) is 11.3 Å². The van der Waals surface area contributed by atoms with Crippen molar-refractivity contribution in [1.82, 2.24) is 4.90 Å². The molecule has 1 rings (SSSR count). The van der Waals surface area contributed by atoms with E-state index in [1.54, 1.807) is 61.6 Å². The van der Waals surface area contributed by atoms with Gasteiger partial charge in [-0.3, -0.25) is 9.79 Å². The summed E-state index contributed by atoms with van der Waals surface area (Å²) in [6.07, 6.45) is 3.76. The number of hydrogen-bond acceptors (Lipinski definition) is 7. The maximum absolute atomic E-state index is 12.7. The fraction of sp³-hybridized carbons (Fsp3) is 0.750. The number of nitrogens with zero attached hydrogens (tertiary/aromatic N) is 2. The lowest BCUT2D eigenvalue weighted by Gasteiger charge is -2.28. The smallest absolute Gasteiger partial charge is 0.419 e. The van der Waals surface area contributed by atoms with Crippen LogP contribution in [0.15, 0.2) is 16.8 Å². The van der Waals surface area contributed by atoms with E-state index in [4.69, 9.17) is 14.2 Å². The minimum atomic E-state index is -0.764. The molecule has 0 saturated heterocycles. The molecule has 2 unspecified atom stereocenters. The van der Waals surface area contributed by atoms with E-state index in [9.17, 15) is 14.4 Å². The summed E-state index contributed by atoms with van der Waals surface area (Å²) in [5, 5.41) is 0. The molecule has 182 valence electrons. The minimum Gasteiger partial charge on any atom is -0.465 e. The Hall–Kier alpha value is -2.38. The van der Waals surface area contributed by atoms with Gasteiger partial charge in [-0.25, -0.2) is 14.5 Å². The summed E-state index contributed by atoms with van der Waals surface area (Å²) in [6.45, 7) is 16.3. The summed E-state index contributed by atoms with van der Waals surface area (Å²) in [5.41, 5.74) is -1.56. The molecule has 2 amide bonds. The third kappa shape index (κ3) is 7.64. The molecular weight excluding hydrogens is 412 g/mol. The van der Waals surface area contributed by atoms with E-state index in [-0.39, 0.29) is 18.4 Å². The first-order valence-corrected chi connectivity index (χ1v) is 11.3. The quantitative estimate of drug-likeness (QED) is 0.274. The molecule has 0 aromatic heterocycles. The zero-order valence-corrected chi connectivity index (χ0v) is 21.1. The number of carbonyl (C=O) groups excluding carboxylic acids is 3. The first-order chi connectivity index (χ1) is 14.7. The Balaban J connectivity index is 2.93. The monoisotopic (exact) mass is 452 g/mol. The second-order valence-corrected chi connectivity index (χ2v) is 9.91. The molecule has 0 N–H and O–H groups in total. The van der Waals surface area contributed by atoms with Crippen LogP contribution in [0.2, 0.25) is 0 Å². The second kappa shape index (κ2) is 11.0. The number of allylic oxidation sites excluding steroid dienone is 1. The van der Waals surface area contributed by atoms with Crippen LogP contribution >= 0.6 is 0 Å². The van der Waals surface area contributed by atoms with Crippen molar-refractivity contribution in [2.45, 2.75) is 92.8 Å². The largest absolute Gasteiger partial charge is 0.465 e. The summed E-state index contributed by atoms with van der Waals surface area (Å²) in [4.78, 5) is 43.4. The van der Waals surface area contributed by atoms with Gasteiger partial charge in [0.25, 0.3) is 0 Å². The van der Waals surface area contributed by atoms with E-state index < -0.39 is 28.8 Å². The van der Waals surface area contributed by atoms with Crippen molar-refractivity contribution in [2.75, 3.05) is 13.2 Å². The molecule has 8 heteroatoms. The van der Waals surface area contributed by atoms with Gasteiger partial charge in [0.05, 0.1) is 12.3 Å². The molecule has 0 spiro atoms. The topological polar surface area (TPSA) is 94.5 Å². The van der Waals surface area contributed by atoms with Gasteiger partial charge < -0.3 is 14.2 Å². The van der Waals surface area contributed by atoms with Gasteiger partial charge in [-0.1, -0.05) is 6.08 Å². The first kappa shape index (κ1) is 27.7. The summed E-state index contributed by atoms with van der Waals surface area (Å²) in [7, 11) is 0. The molecule has 1 saturated carbocycles. The first-order valence-electron chi connectivity index (χ1n) is 11.3. The molecule has 2 atom stereocenters. The van der Waals surface area contributed by atoms with E-state index in [1.165, 1.54) is 0 Å². The average Bonchev–Trinajstić information content (AvgIpc) is 3.35. The molecule has 1 aliphatic carbocycles. The normalized spacial score (nSPS) is 21.3. The van der Waals surface area contributed by atoms with Gasteiger partial charge in [0.1, 0.15) is 16.6 Å². The Bertz CT molecular complexity index is 717. The number of imide groups is 1. The Morgan fingerprint density at radius 1 is 1.03 bits per heavy atom. The number of esters is 1. The zero-order chi connectivity index (χ0) is 24.7. The minimum absolute atomic E-state index is 0.0237. The lowest BCUT2D eigenvalue weighted by molar-refractivity contribution is -0.148. The van der Waals surface area contributed by atoms with Crippen LogP contribution in [0.25, 0.3) is 0 Å². The van der Waals surface area contributed by atoms with Crippen LogP contribution in [0.4, 0.5) is 9.59 Å². The van der Waals surface area contributed by atoms with E-state index in [2.05, 4.69) is 4.99 Å². The Morgan fingerprint density at radius 2 is 1.56 bits per heavy atom. The van der Waals surface area contributed by atoms with Gasteiger partial charge >= 0.3 is 18.2 Å². The second-order valence-electron chi connectivity index (χ2n) is 9.91. The molecule has 0 heterocycles. The zero-order valence-electron chi connectivity index (χ0n) is 21.1. The van der Waals surface area contributed by atoms with Crippen LogP contribution < -0.4 is 0 Å². The molecule has 0 aromatic carbocycles. The highest BCUT2D eigenvalue weighted by Crippen LogP contribution is 2.61. The molecule has 1 fully saturated rings. The predicted octanol–water partition coefficient (Wildman–Crippen LogP) is 5.50. The maximum atomic E-state index is 12.7. The van der Waals surface area contributed by atoms with Crippen molar-refractivity contribution in [3.05, 3.63) is 11.8 Å². The van der Waals surface area contributed by atoms with Gasteiger partial charge in [-0.2, -0.15) is 0 Å². The van der Waals surface area contributed by atoms with E-state index in [1.807, 2.05) is 13.0 Å². The number of amides is 2. The molecular formula is C24H40N2O6. The van der Waals surface area contributed by atoms with Gasteiger partial charge in [-0.15, -0.1) is 0 Å². The fourth-order valence-electron chi connectivity index (χ4n) is 3.58. The van der Waals surface area contributed by atoms with E-state index >= 15 is 0 Å². The highest BCUT2D eigenvalue weighted by atomic mass is 16.6. The Morgan fingerprint density at radius 3 is 1.97 bits per heavy atom. The molecule has 0 aliphatic heterocycles. The summed E-state index contributed by atoms with van der Waals surface area (Å²) in [6, 6.07) is 0. The highest BCUT2D eigenvalue weighted by Gasteiger charge is 2.63. The maximum Gasteiger partial charge on any atom is 0.419 e.